The molecule has 0 unspecified atom stereocenters. The predicted octanol–water partition coefficient (Wildman–Crippen LogP) is 4.78. The molecule has 4 aromatic rings. The summed E-state index contributed by atoms with van der Waals surface area (Å²) in [6.45, 7) is 2.65. The summed E-state index contributed by atoms with van der Waals surface area (Å²) in [5.74, 6) is 0.677. The van der Waals surface area contributed by atoms with Gasteiger partial charge in [0.05, 0.1) is 16.2 Å². The van der Waals surface area contributed by atoms with Gasteiger partial charge in [-0.1, -0.05) is 24.3 Å². The van der Waals surface area contributed by atoms with E-state index in [-0.39, 0.29) is 16.9 Å². The lowest BCUT2D eigenvalue weighted by Gasteiger charge is -2.18. The Kier molecular flexibility index (Phi) is 5.43. The van der Waals surface area contributed by atoms with Gasteiger partial charge in [0.2, 0.25) is 0 Å². The van der Waals surface area contributed by atoms with Crippen molar-refractivity contribution in [2.45, 2.75) is 6.92 Å². The molecule has 0 atom stereocenters. The number of amides is 1. The number of carbonyl (C=O) groups excluding carboxylic acids is 1. The second kappa shape index (κ2) is 8.70. The Labute approximate surface area is 194 Å². The van der Waals surface area contributed by atoms with Crippen LogP contribution in [0.3, 0.4) is 0 Å². The van der Waals surface area contributed by atoms with Gasteiger partial charge in [0.25, 0.3) is 11.6 Å². The molecule has 0 radical (unpaired) electrons. The number of ether oxygens (including phenoxy) is 2. The van der Waals surface area contributed by atoms with E-state index in [9.17, 15) is 14.9 Å². The number of nitro groups is 1. The number of anilines is 1. The Morgan fingerprint density at radius 3 is 2.56 bits per heavy atom. The van der Waals surface area contributed by atoms with E-state index in [0.717, 1.165) is 11.3 Å². The number of carbonyl (C=O) groups is 1. The molecule has 34 heavy (non-hydrogen) atoms. The van der Waals surface area contributed by atoms with Crippen molar-refractivity contribution in [1.29, 1.82) is 0 Å². The SMILES string of the molecule is Cc1ccc(NC(=O)c2cn(-c3ccccc3)nc2-c2ccc3c(c2)OCCO3)c([N+](=O)[O-])c1. The first kappa shape index (κ1) is 21.2. The summed E-state index contributed by atoms with van der Waals surface area (Å²) in [7, 11) is 0. The highest BCUT2D eigenvalue weighted by Crippen LogP contribution is 2.36. The summed E-state index contributed by atoms with van der Waals surface area (Å²) in [5, 5.41) is 18.9. The number of aryl methyl sites for hydroxylation is 1. The van der Waals surface area contributed by atoms with Crippen LogP contribution in [-0.2, 0) is 0 Å². The van der Waals surface area contributed by atoms with Gasteiger partial charge in [0, 0.05) is 17.8 Å². The zero-order valence-electron chi connectivity index (χ0n) is 18.2. The lowest BCUT2D eigenvalue weighted by molar-refractivity contribution is -0.384. The highest BCUT2D eigenvalue weighted by Gasteiger charge is 2.23. The van der Waals surface area contributed by atoms with Gasteiger partial charge in [-0.15, -0.1) is 0 Å². The molecule has 9 nitrogen and oxygen atoms in total. The number of nitro benzene ring substituents is 1. The average molecular weight is 456 g/mol. The third-order valence-electron chi connectivity index (χ3n) is 5.39. The van der Waals surface area contributed by atoms with Crippen molar-refractivity contribution >= 4 is 17.3 Å². The Morgan fingerprint density at radius 2 is 1.79 bits per heavy atom. The monoisotopic (exact) mass is 456 g/mol. The fourth-order valence-electron chi connectivity index (χ4n) is 3.75. The van der Waals surface area contributed by atoms with Crippen molar-refractivity contribution in [3.05, 3.63) is 94.2 Å². The van der Waals surface area contributed by atoms with E-state index in [2.05, 4.69) is 10.4 Å². The molecule has 170 valence electrons. The summed E-state index contributed by atoms with van der Waals surface area (Å²) in [6, 6.07) is 19.4. The third kappa shape index (κ3) is 4.06. The van der Waals surface area contributed by atoms with Crippen molar-refractivity contribution in [3.63, 3.8) is 0 Å². The Morgan fingerprint density at radius 1 is 1.03 bits per heavy atom. The second-order valence-electron chi connectivity index (χ2n) is 7.76. The standard InChI is InChI=1S/C25H20N4O5/c1-16-7-9-20(21(13-16)29(31)32)26-25(30)19-15-28(18-5-3-2-4-6-18)27-24(19)17-8-10-22-23(14-17)34-12-11-33-22/h2-10,13-15H,11-12H2,1H3,(H,26,30). The van der Waals surface area contributed by atoms with Crippen LogP contribution < -0.4 is 14.8 Å². The molecule has 0 saturated heterocycles. The summed E-state index contributed by atoms with van der Waals surface area (Å²) in [5.41, 5.74) is 2.75. The van der Waals surface area contributed by atoms with Gasteiger partial charge in [0.15, 0.2) is 11.5 Å². The van der Waals surface area contributed by atoms with Crippen LogP contribution in [0.1, 0.15) is 15.9 Å². The molecule has 0 fully saturated rings. The highest BCUT2D eigenvalue weighted by molar-refractivity contribution is 6.09. The molecule has 1 aliphatic rings. The largest absolute Gasteiger partial charge is 0.486 e. The number of hydrogen-bond donors (Lipinski definition) is 1. The highest BCUT2D eigenvalue weighted by atomic mass is 16.6. The molecule has 0 aliphatic carbocycles. The van der Waals surface area contributed by atoms with Crippen molar-refractivity contribution in [2.75, 3.05) is 18.5 Å². The normalized spacial score (nSPS) is 12.3. The van der Waals surface area contributed by atoms with Crippen LogP contribution in [0.25, 0.3) is 16.9 Å². The molecule has 5 rings (SSSR count). The number of para-hydroxylation sites is 1. The number of fused-ring (bicyclic) bond motifs is 1. The van der Waals surface area contributed by atoms with Crippen LogP contribution in [0.15, 0.2) is 72.9 Å². The number of nitrogens with one attached hydrogen (secondary N) is 1. The van der Waals surface area contributed by atoms with Gasteiger partial charge in [-0.3, -0.25) is 14.9 Å². The zero-order chi connectivity index (χ0) is 23.7. The van der Waals surface area contributed by atoms with Crippen molar-refractivity contribution in [2.24, 2.45) is 0 Å². The molecule has 9 heteroatoms. The van der Waals surface area contributed by atoms with Crippen LogP contribution in [0.5, 0.6) is 11.5 Å². The number of nitrogens with zero attached hydrogens (tertiary/aromatic N) is 3. The van der Waals surface area contributed by atoms with Crippen LogP contribution in [0, 0.1) is 17.0 Å². The Bertz CT molecular complexity index is 1400. The summed E-state index contributed by atoms with van der Waals surface area (Å²) < 4.78 is 12.9. The second-order valence-corrected chi connectivity index (χ2v) is 7.76. The summed E-state index contributed by atoms with van der Waals surface area (Å²) in [4.78, 5) is 24.4. The number of benzene rings is 3. The minimum Gasteiger partial charge on any atom is -0.486 e. The number of hydrogen-bond acceptors (Lipinski definition) is 6. The minimum absolute atomic E-state index is 0.112. The van der Waals surface area contributed by atoms with Gasteiger partial charge >= 0.3 is 0 Å². The molecule has 0 spiro atoms. The third-order valence-corrected chi connectivity index (χ3v) is 5.39. The maximum Gasteiger partial charge on any atom is 0.293 e. The first-order chi connectivity index (χ1) is 16.5. The molecule has 1 aromatic heterocycles. The van der Waals surface area contributed by atoms with E-state index in [4.69, 9.17) is 9.47 Å². The van der Waals surface area contributed by atoms with Crippen LogP contribution >= 0.6 is 0 Å². The van der Waals surface area contributed by atoms with Crippen LogP contribution in [0.4, 0.5) is 11.4 Å². The molecule has 2 heterocycles. The summed E-state index contributed by atoms with van der Waals surface area (Å²) in [6.07, 6.45) is 1.61. The van der Waals surface area contributed by atoms with Gasteiger partial charge in [-0.05, 0) is 48.9 Å². The minimum atomic E-state index is -0.516. The topological polar surface area (TPSA) is 109 Å². The molecule has 0 saturated carbocycles. The fraction of sp³-hybridized carbons (Fsp3) is 0.120. The molecule has 0 bridgehead atoms. The van der Waals surface area contributed by atoms with Gasteiger partial charge in [-0.25, -0.2) is 4.68 Å². The van der Waals surface area contributed by atoms with E-state index in [0.29, 0.717) is 36.0 Å². The van der Waals surface area contributed by atoms with Crippen LogP contribution in [-0.4, -0.2) is 33.8 Å². The number of aromatic nitrogens is 2. The van der Waals surface area contributed by atoms with E-state index < -0.39 is 10.8 Å². The Hall–Kier alpha value is -4.66. The molecule has 1 N–H and O–H groups in total. The lowest BCUT2D eigenvalue weighted by atomic mass is 10.1. The predicted molar refractivity (Wildman–Crippen MR) is 126 cm³/mol. The van der Waals surface area contributed by atoms with Crippen LogP contribution in [0.2, 0.25) is 0 Å². The quantitative estimate of drug-likeness (QED) is 0.342. The molecule has 1 aliphatic heterocycles. The summed E-state index contributed by atoms with van der Waals surface area (Å²) >= 11 is 0. The van der Waals surface area contributed by atoms with Crippen molar-refractivity contribution in [3.8, 4) is 28.4 Å². The van der Waals surface area contributed by atoms with Crippen molar-refractivity contribution in [1.82, 2.24) is 9.78 Å². The Balaban J connectivity index is 1.58. The molecular weight excluding hydrogens is 436 g/mol. The smallest absolute Gasteiger partial charge is 0.293 e. The first-order valence-electron chi connectivity index (χ1n) is 10.6. The number of rotatable bonds is 5. The lowest BCUT2D eigenvalue weighted by Crippen LogP contribution is -2.15. The van der Waals surface area contributed by atoms with E-state index in [1.165, 1.54) is 12.1 Å². The van der Waals surface area contributed by atoms with E-state index >= 15 is 0 Å². The molecule has 3 aromatic carbocycles. The van der Waals surface area contributed by atoms with E-state index in [1.807, 2.05) is 30.3 Å². The maximum atomic E-state index is 13.4. The molecular formula is C25H20N4O5. The maximum absolute atomic E-state index is 13.4. The fourth-order valence-corrected chi connectivity index (χ4v) is 3.75. The van der Waals surface area contributed by atoms with E-state index in [1.54, 1.807) is 42.1 Å². The van der Waals surface area contributed by atoms with Crippen molar-refractivity contribution < 1.29 is 19.2 Å². The van der Waals surface area contributed by atoms with Gasteiger partial charge < -0.3 is 14.8 Å². The zero-order valence-corrected chi connectivity index (χ0v) is 18.2. The average Bonchev–Trinajstić information content (AvgIpc) is 3.31. The molecule has 1 amide bonds. The first-order valence-corrected chi connectivity index (χ1v) is 10.6. The van der Waals surface area contributed by atoms with Gasteiger partial charge in [-0.2, -0.15) is 5.10 Å². The van der Waals surface area contributed by atoms with Gasteiger partial charge in [0.1, 0.15) is 24.6 Å².